The van der Waals surface area contributed by atoms with E-state index in [1.807, 2.05) is 26.0 Å². The maximum Gasteiger partial charge on any atom is 0.251 e. The zero-order valence-electron chi connectivity index (χ0n) is 13.2. The molecular weight excluding hydrogens is 282 g/mol. The van der Waals surface area contributed by atoms with Crippen molar-refractivity contribution in [2.24, 2.45) is 0 Å². The van der Waals surface area contributed by atoms with Crippen LogP contribution in [0.25, 0.3) is 0 Å². The number of rotatable bonds is 7. The molecule has 0 bridgehead atoms. The van der Waals surface area contributed by atoms with Crippen LogP contribution >= 0.6 is 0 Å². The number of benzene rings is 1. The Morgan fingerprint density at radius 1 is 1.14 bits per heavy atom. The summed E-state index contributed by atoms with van der Waals surface area (Å²) in [6.45, 7) is 5.79. The first kappa shape index (κ1) is 17.7. The van der Waals surface area contributed by atoms with Gasteiger partial charge >= 0.3 is 0 Å². The van der Waals surface area contributed by atoms with Crippen LogP contribution in [-0.4, -0.2) is 36.9 Å². The Morgan fingerprint density at radius 2 is 1.82 bits per heavy atom. The van der Waals surface area contributed by atoms with E-state index in [2.05, 4.69) is 16.0 Å². The first-order valence-electron chi connectivity index (χ1n) is 7.36. The van der Waals surface area contributed by atoms with Crippen LogP contribution in [0.4, 0.5) is 0 Å². The molecule has 0 aliphatic rings. The molecule has 0 saturated carbocycles. The predicted molar refractivity (Wildman–Crippen MR) is 84.4 cm³/mol. The van der Waals surface area contributed by atoms with E-state index in [-0.39, 0.29) is 18.4 Å². The first-order chi connectivity index (χ1) is 10.5. The quantitative estimate of drug-likeness (QED) is 0.695. The van der Waals surface area contributed by atoms with E-state index >= 15 is 0 Å². The fourth-order valence-electron chi connectivity index (χ4n) is 1.84. The van der Waals surface area contributed by atoms with Gasteiger partial charge in [-0.1, -0.05) is 25.1 Å². The van der Waals surface area contributed by atoms with E-state index in [1.165, 1.54) is 0 Å². The van der Waals surface area contributed by atoms with Crippen molar-refractivity contribution in [2.75, 3.05) is 13.1 Å². The summed E-state index contributed by atoms with van der Waals surface area (Å²) >= 11 is 0. The molecule has 0 saturated heterocycles. The van der Waals surface area contributed by atoms with E-state index in [4.69, 9.17) is 0 Å². The fourth-order valence-corrected chi connectivity index (χ4v) is 1.84. The van der Waals surface area contributed by atoms with Gasteiger partial charge in [0.1, 0.15) is 6.04 Å². The Bertz CT molecular complexity index is 543. The zero-order chi connectivity index (χ0) is 16.5. The van der Waals surface area contributed by atoms with Crippen molar-refractivity contribution < 1.29 is 14.4 Å². The normalized spacial score (nSPS) is 11.4. The fraction of sp³-hybridized carbons (Fsp3) is 0.438. The lowest BCUT2D eigenvalue weighted by Gasteiger charge is -2.14. The maximum absolute atomic E-state index is 12.0. The first-order valence-corrected chi connectivity index (χ1v) is 7.36. The molecule has 0 aliphatic heterocycles. The van der Waals surface area contributed by atoms with Gasteiger partial charge in [0.05, 0.1) is 6.54 Å². The minimum absolute atomic E-state index is 0.168. The molecule has 1 rings (SSSR count). The largest absolute Gasteiger partial charge is 0.354 e. The van der Waals surface area contributed by atoms with E-state index < -0.39 is 11.9 Å². The van der Waals surface area contributed by atoms with Gasteiger partial charge in [-0.15, -0.1) is 0 Å². The van der Waals surface area contributed by atoms with Gasteiger partial charge in [-0.2, -0.15) is 0 Å². The topological polar surface area (TPSA) is 87.3 Å². The molecule has 0 heterocycles. The molecule has 6 nitrogen and oxygen atoms in total. The minimum Gasteiger partial charge on any atom is -0.354 e. The summed E-state index contributed by atoms with van der Waals surface area (Å²) in [4.78, 5) is 35.3. The zero-order valence-corrected chi connectivity index (χ0v) is 13.2. The molecule has 0 aromatic heterocycles. The number of hydrogen-bond acceptors (Lipinski definition) is 3. The van der Waals surface area contributed by atoms with Gasteiger partial charge in [-0.3, -0.25) is 14.4 Å². The lowest BCUT2D eigenvalue weighted by Crippen LogP contribution is -2.48. The summed E-state index contributed by atoms with van der Waals surface area (Å²) in [6, 6.07) is 6.50. The van der Waals surface area contributed by atoms with Crippen LogP contribution in [0.15, 0.2) is 24.3 Å². The molecule has 0 radical (unpaired) electrons. The molecule has 0 spiro atoms. The number of hydrogen-bond donors (Lipinski definition) is 3. The third-order valence-corrected chi connectivity index (χ3v) is 3.12. The second-order valence-electron chi connectivity index (χ2n) is 5.08. The van der Waals surface area contributed by atoms with E-state index in [1.54, 1.807) is 19.1 Å². The summed E-state index contributed by atoms with van der Waals surface area (Å²) < 4.78 is 0. The lowest BCUT2D eigenvalue weighted by atomic mass is 10.1. The SMILES string of the molecule is CCCNC(=O)C(C)NC(=O)CNC(=O)c1ccccc1C. The average Bonchev–Trinajstić information content (AvgIpc) is 2.50. The highest BCUT2D eigenvalue weighted by atomic mass is 16.2. The van der Waals surface area contributed by atoms with Gasteiger partial charge in [-0.05, 0) is 31.9 Å². The molecule has 3 amide bonds. The molecule has 1 unspecified atom stereocenters. The molecule has 1 atom stereocenters. The summed E-state index contributed by atoms with van der Waals surface area (Å²) in [5.41, 5.74) is 1.37. The van der Waals surface area contributed by atoms with Crippen LogP contribution in [-0.2, 0) is 9.59 Å². The van der Waals surface area contributed by atoms with Crippen molar-refractivity contribution in [1.29, 1.82) is 0 Å². The van der Waals surface area contributed by atoms with Gasteiger partial charge in [0.25, 0.3) is 5.91 Å². The molecule has 3 N–H and O–H groups in total. The van der Waals surface area contributed by atoms with Crippen molar-refractivity contribution in [2.45, 2.75) is 33.2 Å². The van der Waals surface area contributed by atoms with Gasteiger partial charge in [0, 0.05) is 12.1 Å². The van der Waals surface area contributed by atoms with Crippen LogP contribution in [0.1, 0.15) is 36.2 Å². The molecule has 6 heteroatoms. The highest BCUT2D eigenvalue weighted by Gasteiger charge is 2.16. The average molecular weight is 305 g/mol. The van der Waals surface area contributed by atoms with Crippen LogP contribution in [0, 0.1) is 6.92 Å². The monoisotopic (exact) mass is 305 g/mol. The second-order valence-corrected chi connectivity index (χ2v) is 5.08. The van der Waals surface area contributed by atoms with Gasteiger partial charge in [-0.25, -0.2) is 0 Å². The smallest absolute Gasteiger partial charge is 0.251 e. The Balaban J connectivity index is 2.41. The number of amides is 3. The predicted octanol–water partition coefficient (Wildman–Crippen LogP) is 0.756. The summed E-state index contributed by atoms with van der Waals surface area (Å²) in [6.07, 6.45) is 0.832. The molecule has 0 aliphatic carbocycles. The van der Waals surface area contributed by atoms with Crippen molar-refractivity contribution in [3.05, 3.63) is 35.4 Å². The Morgan fingerprint density at radius 3 is 2.45 bits per heavy atom. The highest BCUT2D eigenvalue weighted by molar-refractivity contribution is 5.98. The summed E-state index contributed by atoms with van der Waals surface area (Å²) in [7, 11) is 0. The van der Waals surface area contributed by atoms with Crippen molar-refractivity contribution in [1.82, 2.24) is 16.0 Å². The Hall–Kier alpha value is -2.37. The van der Waals surface area contributed by atoms with E-state index in [0.29, 0.717) is 12.1 Å². The third kappa shape index (κ3) is 5.55. The van der Waals surface area contributed by atoms with Crippen LogP contribution in [0.3, 0.4) is 0 Å². The summed E-state index contributed by atoms with van der Waals surface area (Å²) in [5, 5.41) is 7.78. The number of nitrogens with one attached hydrogen (secondary N) is 3. The third-order valence-electron chi connectivity index (χ3n) is 3.12. The van der Waals surface area contributed by atoms with Crippen molar-refractivity contribution >= 4 is 17.7 Å². The molecule has 1 aromatic carbocycles. The van der Waals surface area contributed by atoms with Crippen LogP contribution in [0.5, 0.6) is 0 Å². The van der Waals surface area contributed by atoms with E-state index in [0.717, 1.165) is 12.0 Å². The molecule has 0 fully saturated rings. The van der Waals surface area contributed by atoms with Gasteiger partial charge < -0.3 is 16.0 Å². The van der Waals surface area contributed by atoms with Crippen LogP contribution < -0.4 is 16.0 Å². The highest BCUT2D eigenvalue weighted by Crippen LogP contribution is 2.05. The molecule has 1 aromatic rings. The molecular formula is C16H23N3O3. The number of carbonyl (C=O) groups excluding carboxylic acids is 3. The molecule has 22 heavy (non-hydrogen) atoms. The Labute approximate surface area is 130 Å². The van der Waals surface area contributed by atoms with Crippen molar-refractivity contribution in [3.63, 3.8) is 0 Å². The molecule has 120 valence electrons. The van der Waals surface area contributed by atoms with Gasteiger partial charge in [0.2, 0.25) is 11.8 Å². The minimum atomic E-state index is -0.630. The number of aryl methyl sites for hydroxylation is 1. The van der Waals surface area contributed by atoms with Crippen LogP contribution in [0.2, 0.25) is 0 Å². The lowest BCUT2D eigenvalue weighted by molar-refractivity contribution is -0.128. The maximum atomic E-state index is 12.0. The number of carbonyl (C=O) groups is 3. The second kappa shape index (κ2) is 8.81. The standard InChI is InChI=1S/C16H23N3O3/c1-4-9-17-15(21)12(3)19-14(20)10-18-16(22)13-8-6-5-7-11(13)2/h5-8,12H,4,9-10H2,1-3H3,(H,17,21)(H,18,22)(H,19,20). The Kier molecular flexibility index (Phi) is 7.08. The van der Waals surface area contributed by atoms with Crippen molar-refractivity contribution in [3.8, 4) is 0 Å². The van der Waals surface area contributed by atoms with Gasteiger partial charge in [0.15, 0.2) is 0 Å². The van der Waals surface area contributed by atoms with E-state index in [9.17, 15) is 14.4 Å². The summed E-state index contributed by atoms with van der Waals surface area (Å²) in [5.74, 6) is -0.946.